The molecule has 1 heterocycles. The van der Waals surface area contributed by atoms with Gasteiger partial charge in [-0.3, -0.25) is 4.90 Å². The Bertz CT molecular complexity index is 317. The molecule has 1 aliphatic heterocycles. The fourth-order valence-corrected chi connectivity index (χ4v) is 2.68. The van der Waals surface area contributed by atoms with Crippen LogP contribution in [0.5, 0.6) is 0 Å². The lowest BCUT2D eigenvalue weighted by Gasteiger charge is -2.34. The molecule has 0 bridgehead atoms. The molecule has 0 radical (unpaired) electrons. The van der Waals surface area contributed by atoms with Crippen LogP contribution in [-0.4, -0.2) is 24.5 Å². The Labute approximate surface area is 106 Å². The van der Waals surface area contributed by atoms with Gasteiger partial charge < -0.3 is 5.73 Å². The number of likely N-dealkylation sites (tertiary alicyclic amines) is 1. The predicted octanol–water partition coefficient (Wildman–Crippen LogP) is 2.93. The van der Waals surface area contributed by atoms with Crippen LogP contribution in [0.25, 0.3) is 0 Å². The van der Waals surface area contributed by atoms with E-state index in [-0.39, 0.29) is 0 Å². The van der Waals surface area contributed by atoms with Gasteiger partial charge in [-0.25, -0.2) is 0 Å². The molecular formula is C13H19BrN2. The van der Waals surface area contributed by atoms with Crippen LogP contribution < -0.4 is 5.73 Å². The molecule has 1 atom stereocenters. The van der Waals surface area contributed by atoms with Gasteiger partial charge in [-0.05, 0) is 43.6 Å². The fourth-order valence-electron chi connectivity index (χ4n) is 2.41. The lowest BCUT2D eigenvalue weighted by Crippen LogP contribution is -2.37. The number of halogens is 1. The third-order valence-corrected chi connectivity index (χ3v) is 3.84. The highest BCUT2D eigenvalue weighted by atomic mass is 79.9. The summed E-state index contributed by atoms with van der Waals surface area (Å²) in [6, 6.07) is 8.95. The van der Waals surface area contributed by atoms with Crippen molar-refractivity contribution in [2.45, 2.75) is 25.3 Å². The van der Waals surface area contributed by atoms with Crippen LogP contribution in [0, 0.1) is 0 Å². The van der Waals surface area contributed by atoms with Crippen LogP contribution in [0.4, 0.5) is 0 Å². The maximum atomic E-state index is 5.92. The third-order valence-electron chi connectivity index (χ3n) is 3.31. The number of benzene rings is 1. The van der Waals surface area contributed by atoms with Gasteiger partial charge in [0.15, 0.2) is 0 Å². The standard InChI is InChI=1S/C13H19BrN2/c14-12-6-4-11(5-7-12)13(10-15)16-8-2-1-3-9-16/h4-7,13H,1-3,8-10,15H2. The zero-order valence-electron chi connectivity index (χ0n) is 9.53. The van der Waals surface area contributed by atoms with Gasteiger partial charge in [0.25, 0.3) is 0 Å². The van der Waals surface area contributed by atoms with Crippen LogP contribution >= 0.6 is 15.9 Å². The summed E-state index contributed by atoms with van der Waals surface area (Å²) in [7, 11) is 0. The Morgan fingerprint density at radius 2 is 1.75 bits per heavy atom. The molecule has 2 nitrogen and oxygen atoms in total. The molecule has 16 heavy (non-hydrogen) atoms. The summed E-state index contributed by atoms with van der Waals surface area (Å²) in [5.41, 5.74) is 7.26. The van der Waals surface area contributed by atoms with Crippen molar-refractivity contribution < 1.29 is 0 Å². The molecule has 2 rings (SSSR count). The van der Waals surface area contributed by atoms with Crippen molar-refractivity contribution in [2.24, 2.45) is 5.73 Å². The predicted molar refractivity (Wildman–Crippen MR) is 71.4 cm³/mol. The summed E-state index contributed by atoms with van der Waals surface area (Å²) in [6.07, 6.45) is 3.99. The van der Waals surface area contributed by atoms with Crippen molar-refractivity contribution in [3.63, 3.8) is 0 Å². The normalized spacial score (nSPS) is 19.6. The number of piperidine rings is 1. The number of nitrogens with zero attached hydrogens (tertiary/aromatic N) is 1. The van der Waals surface area contributed by atoms with Gasteiger partial charge in [-0.15, -0.1) is 0 Å². The molecule has 0 aromatic heterocycles. The summed E-state index contributed by atoms with van der Waals surface area (Å²) < 4.78 is 1.13. The van der Waals surface area contributed by atoms with Crippen molar-refractivity contribution in [1.82, 2.24) is 4.90 Å². The van der Waals surface area contributed by atoms with Gasteiger partial charge in [0.2, 0.25) is 0 Å². The molecule has 3 heteroatoms. The molecule has 1 saturated heterocycles. The highest BCUT2D eigenvalue weighted by molar-refractivity contribution is 9.10. The van der Waals surface area contributed by atoms with E-state index < -0.39 is 0 Å². The second-order valence-electron chi connectivity index (χ2n) is 4.40. The maximum Gasteiger partial charge on any atom is 0.0470 e. The Kier molecular flexibility index (Phi) is 4.38. The van der Waals surface area contributed by atoms with Crippen molar-refractivity contribution >= 4 is 15.9 Å². The van der Waals surface area contributed by atoms with Crippen molar-refractivity contribution in [3.8, 4) is 0 Å². The molecule has 0 saturated carbocycles. The van der Waals surface area contributed by atoms with E-state index in [4.69, 9.17) is 5.73 Å². The summed E-state index contributed by atoms with van der Waals surface area (Å²) in [6.45, 7) is 3.09. The topological polar surface area (TPSA) is 29.3 Å². The molecule has 2 N–H and O–H groups in total. The van der Waals surface area contributed by atoms with E-state index in [1.54, 1.807) is 0 Å². The van der Waals surface area contributed by atoms with Crippen molar-refractivity contribution in [3.05, 3.63) is 34.3 Å². The van der Waals surface area contributed by atoms with Gasteiger partial charge in [-0.2, -0.15) is 0 Å². The molecule has 1 fully saturated rings. The molecule has 1 aromatic rings. The highest BCUT2D eigenvalue weighted by Crippen LogP contribution is 2.24. The minimum absolute atomic E-state index is 0.397. The van der Waals surface area contributed by atoms with E-state index in [1.165, 1.54) is 37.9 Å². The van der Waals surface area contributed by atoms with Gasteiger partial charge in [0, 0.05) is 17.1 Å². The first kappa shape index (κ1) is 12.1. The van der Waals surface area contributed by atoms with Crippen LogP contribution in [-0.2, 0) is 0 Å². The quantitative estimate of drug-likeness (QED) is 0.924. The monoisotopic (exact) mass is 282 g/mol. The smallest absolute Gasteiger partial charge is 0.0470 e. The Morgan fingerprint density at radius 1 is 1.12 bits per heavy atom. The first-order chi connectivity index (χ1) is 7.81. The molecular weight excluding hydrogens is 264 g/mol. The fraction of sp³-hybridized carbons (Fsp3) is 0.538. The Morgan fingerprint density at radius 3 is 2.31 bits per heavy atom. The molecule has 0 amide bonds. The van der Waals surface area contributed by atoms with Crippen molar-refractivity contribution in [2.75, 3.05) is 19.6 Å². The van der Waals surface area contributed by atoms with E-state index in [2.05, 4.69) is 45.1 Å². The molecule has 0 aliphatic carbocycles. The largest absolute Gasteiger partial charge is 0.329 e. The van der Waals surface area contributed by atoms with Crippen LogP contribution in [0.3, 0.4) is 0 Å². The van der Waals surface area contributed by atoms with E-state index in [9.17, 15) is 0 Å². The van der Waals surface area contributed by atoms with Gasteiger partial charge in [-0.1, -0.05) is 34.5 Å². The molecule has 1 aromatic carbocycles. The van der Waals surface area contributed by atoms with E-state index >= 15 is 0 Å². The number of rotatable bonds is 3. The van der Waals surface area contributed by atoms with Crippen LogP contribution in [0.1, 0.15) is 30.9 Å². The maximum absolute atomic E-state index is 5.92. The lowest BCUT2D eigenvalue weighted by molar-refractivity contribution is 0.167. The summed E-state index contributed by atoms with van der Waals surface area (Å²) in [5, 5.41) is 0. The minimum Gasteiger partial charge on any atom is -0.329 e. The molecule has 1 aliphatic rings. The zero-order chi connectivity index (χ0) is 11.4. The Hall–Kier alpha value is -0.380. The first-order valence-corrected chi connectivity index (χ1v) is 6.80. The second-order valence-corrected chi connectivity index (χ2v) is 5.32. The van der Waals surface area contributed by atoms with E-state index in [1.807, 2.05) is 0 Å². The number of hydrogen-bond acceptors (Lipinski definition) is 2. The minimum atomic E-state index is 0.397. The SMILES string of the molecule is NCC(c1ccc(Br)cc1)N1CCCCC1. The molecule has 0 spiro atoms. The molecule has 88 valence electrons. The zero-order valence-corrected chi connectivity index (χ0v) is 11.1. The number of hydrogen-bond donors (Lipinski definition) is 1. The van der Waals surface area contributed by atoms with Gasteiger partial charge >= 0.3 is 0 Å². The third kappa shape index (κ3) is 2.84. The summed E-state index contributed by atoms with van der Waals surface area (Å²) >= 11 is 3.47. The van der Waals surface area contributed by atoms with E-state index in [0.717, 1.165) is 4.47 Å². The highest BCUT2D eigenvalue weighted by Gasteiger charge is 2.20. The van der Waals surface area contributed by atoms with Gasteiger partial charge in [0.05, 0.1) is 0 Å². The summed E-state index contributed by atoms with van der Waals surface area (Å²) in [4.78, 5) is 2.52. The lowest BCUT2D eigenvalue weighted by atomic mass is 10.0. The summed E-state index contributed by atoms with van der Waals surface area (Å²) in [5.74, 6) is 0. The first-order valence-electron chi connectivity index (χ1n) is 6.01. The van der Waals surface area contributed by atoms with Crippen LogP contribution in [0.15, 0.2) is 28.7 Å². The average Bonchev–Trinajstić information content (AvgIpc) is 2.34. The van der Waals surface area contributed by atoms with E-state index in [0.29, 0.717) is 12.6 Å². The van der Waals surface area contributed by atoms with Gasteiger partial charge in [0.1, 0.15) is 0 Å². The Balaban J connectivity index is 2.11. The average molecular weight is 283 g/mol. The number of nitrogens with two attached hydrogens (primary N) is 1. The molecule has 1 unspecified atom stereocenters. The van der Waals surface area contributed by atoms with Crippen LogP contribution in [0.2, 0.25) is 0 Å². The second kappa shape index (κ2) is 5.80. The van der Waals surface area contributed by atoms with Crippen molar-refractivity contribution in [1.29, 1.82) is 0 Å².